The maximum absolute atomic E-state index is 12.5. The number of likely N-dealkylation sites (tertiary alicyclic amines) is 1. The highest BCUT2D eigenvalue weighted by atomic mass is 16.5. The second-order valence-electron chi connectivity index (χ2n) is 6.68. The van der Waals surface area contributed by atoms with Crippen molar-refractivity contribution in [2.45, 2.75) is 31.6 Å². The lowest BCUT2D eigenvalue weighted by Crippen LogP contribution is -2.36. The van der Waals surface area contributed by atoms with E-state index in [2.05, 4.69) is 9.88 Å². The monoisotopic (exact) mass is 322 g/mol. The Labute approximate surface area is 142 Å². The molecule has 2 aromatic rings. The first kappa shape index (κ1) is 15.2. The summed E-state index contributed by atoms with van der Waals surface area (Å²) in [5, 5.41) is 0. The lowest BCUT2D eigenvalue weighted by molar-refractivity contribution is -0.133. The third-order valence-electron chi connectivity index (χ3n) is 4.93. The smallest absolute Gasteiger partial charge is 0.226 e. The molecule has 4 heteroatoms. The van der Waals surface area contributed by atoms with Crippen LogP contribution in [0, 0.1) is 5.92 Å². The fraction of sp³-hybridized carbons (Fsp3) is 0.400. The van der Waals surface area contributed by atoms with Crippen molar-refractivity contribution < 1.29 is 9.53 Å². The minimum absolute atomic E-state index is 0.158. The molecule has 1 aliphatic heterocycles. The SMILES string of the molecule is O=C([C@@H]1C[C@H]1c1ccc(Oc2ccccc2)nc1)N1CCCCC1. The summed E-state index contributed by atoms with van der Waals surface area (Å²) >= 11 is 0. The van der Waals surface area contributed by atoms with Crippen LogP contribution in [0.25, 0.3) is 0 Å². The summed E-state index contributed by atoms with van der Waals surface area (Å²) in [4.78, 5) is 19.0. The molecule has 1 saturated heterocycles. The zero-order chi connectivity index (χ0) is 16.4. The summed E-state index contributed by atoms with van der Waals surface area (Å²) < 4.78 is 5.72. The summed E-state index contributed by atoms with van der Waals surface area (Å²) in [5.74, 6) is 2.19. The van der Waals surface area contributed by atoms with Crippen LogP contribution in [0.2, 0.25) is 0 Å². The molecule has 1 amide bonds. The standard InChI is InChI=1S/C20H22N2O2/c23-20(22-11-5-2-6-12-22)18-13-17(18)15-9-10-19(21-14-15)24-16-7-3-1-4-8-16/h1,3-4,7-10,14,17-18H,2,5-6,11-13H2/t17-,18+/m0/s1. The maximum Gasteiger partial charge on any atom is 0.226 e. The minimum Gasteiger partial charge on any atom is -0.439 e. The number of piperidine rings is 1. The van der Waals surface area contributed by atoms with Crippen LogP contribution in [0.5, 0.6) is 11.6 Å². The number of rotatable bonds is 4. The molecular weight excluding hydrogens is 300 g/mol. The molecule has 4 nitrogen and oxygen atoms in total. The van der Waals surface area contributed by atoms with Crippen LogP contribution in [0.15, 0.2) is 48.7 Å². The van der Waals surface area contributed by atoms with Crippen LogP contribution in [0.3, 0.4) is 0 Å². The molecule has 2 aliphatic rings. The maximum atomic E-state index is 12.5. The topological polar surface area (TPSA) is 42.4 Å². The molecule has 0 N–H and O–H groups in total. The second-order valence-corrected chi connectivity index (χ2v) is 6.68. The lowest BCUT2D eigenvalue weighted by atomic mass is 10.1. The van der Waals surface area contributed by atoms with Crippen molar-refractivity contribution in [3.8, 4) is 11.6 Å². The molecule has 24 heavy (non-hydrogen) atoms. The molecule has 0 radical (unpaired) electrons. The van der Waals surface area contributed by atoms with Crippen molar-refractivity contribution in [2.24, 2.45) is 5.92 Å². The van der Waals surface area contributed by atoms with E-state index in [-0.39, 0.29) is 5.92 Å². The predicted molar refractivity (Wildman–Crippen MR) is 92.0 cm³/mol. The summed E-state index contributed by atoms with van der Waals surface area (Å²) in [6.45, 7) is 1.87. The van der Waals surface area contributed by atoms with Gasteiger partial charge in [-0.2, -0.15) is 0 Å². The fourth-order valence-electron chi connectivity index (χ4n) is 3.47. The summed E-state index contributed by atoms with van der Waals surface area (Å²) in [7, 11) is 0. The van der Waals surface area contributed by atoms with Gasteiger partial charge in [-0.05, 0) is 49.3 Å². The highest BCUT2D eigenvalue weighted by Crippen LogP contribution is 2.48. The van der Waals surface area contributed by atoms with Crippen molar-refractivity contribution in [1.82, 2.24) is 9.88 Å². The van der Waals surface area contributed by atoms with Crippen LogP contribution < -0.4 is 4.74 Å². The molecule has 124 valence electrons. The van der Waals surface area contributed by atoms with Gasteiger partial charge in [0.25, 0.3) is 0 Å². The Morgan fingerprint density at radius 2 is 1.83 bits per heavy atom. The van der Waals surface area contributed by atoms with E-state index in [1.165, 1.54) is 6.42 Å². The van der Waals surface area contributed by atoms with E-state index in [4.69, 9.17) is 4.74 Å². The molecule has 0 unspecified atom stereocenters. The average molecular weight is 322 g/mol. The van der Waals surface area contributed by atoms with Gasteiger partial charge in [-0.15, -0.1) is 0 Å². The van der Waals surface area contributed by atoms with Gasteiger partial charge in [0.15, 0.2) is 0 Å². The quantitative estimate of drug-likeness (QED) is 0.855. The number of para-hydroxylation sites is 1. The Morgan fingerprint density at radius 1 is 1.04 bits per heavy atom. The molecule has 0 spiro atoms. The van der Waals surface area contributed by atoms with E-state index in [0.717, 1.165) is 43.7 Å². The first-order valence-electron chi connectivity index (χ1n) is 8.79. The van der Waals surface area contributed by atoms with Gasteiger partial charge < -0.3 is 9.64 Å². The van der Waals surface area contributed by atoms with Crippen LogP contribution in [-0.2, 0) is 4.79 Å². The van der Waals surface area contributed by atoms with Gasteiger partial charge in [0.05, 0.1) is 0 Å². The fourth-order valence-corrected chi connectivity index (χ4v) is 3.47. The number of nitrogens with zero attached hydrogens (tertiary/aromatic N) is 2. The van der Waals surface area contributed by atoms with E-state index >= 15 is 0 Å². The number of hydrogen-bond donors (Lipinski definition) is 0. The van der Waals surface area contributed by atoms with Gasteiger partial charge in [-0.25, -0.2) is 4.98 Å². The largest absolute Gasteiger partial charge is 0.439 e. The van der Waals surface area contributed by atoms with Gasteiger partial charge in [0.2, 0.25) is 11.8 Å². The van der Waals surface area contributed by atoms with E-state index in [1.807, 2.05) is 48.7 Å². The molecule has 1 aromatic heterocycles. The van der Waals surface area contributed by atoms with E-state index in [9.17, 15) is 4.79 Å². The molecule has 2 heterocycles. The number of aromatic nitrogens is 1. The lowest BCUT2D eigenvalue weighted by Gasteiger charge is -2.26. The normalized spacial score (nSPS) is 22.9. The average Bonchev–Trinajstić information content (AvgIpc) is 3.44. The number of carbonyl (C=O) groups is 1. The number of pyridine rings is 1. The van der Waals surface area contributed by atoms with Crippen molar-refractivity contribution in [3.05, 3.63) is 54.2 Å². The Hall–Kier alpha value is -2.36. The van der Waals surface area contributed by atoms with Crippen molar-refractivity contribution in [3.63, 3.8) is 0 Å². The zero-order valence-corrected chi connectivity index (χ0v) is 13.7. The Balaban J connectivity index is 1.37. The molecule has 0 bridgehead atoms. The first-order chi connectivity index (χ1) is 11.8. The molecule has 1 aliphatic carbocycles. The third kappa shape index (κ3) is 3.28. The summed E-state index contributed by atoms with van der Waals surface area (Å²) in [6.07, 6.45) is 6.36. The third-order valence-corrected chi connectivity index (χ3v) is 4.93. The Kier molecular flexibility index (Phi) is 4.20. The highest BCUT2D eigenvalue weighted by Gasteiger charge is 2.45. The van der Waals surface area contributed by atoms with Crippen LogP contribution in [0.1, 0.15) is 37.2 Å². The molecule has 4 rings (SSSR count). The Bertz CT molecular complexity index is 693. The van der Waals surface area contributed by atoms with Crippen LogP contribution in [-0.4, -0.2) is 28.9 Å². The van der Waals surface area contributed by atoms with Crippen LogP contribution >= 0.6 is 0 Å². The van der Waals surface area contributed by atoms with E-state index in [0.29, 0.717) is 17.7 Å². The number of amides is 1. The van der Waals surface area contributed by atoms with Gasteiger partial charge in [-0.3, -0.25) is 4.79 Å². The molecular formula is C20H22N2O2. The number of hydrogen-bond acceptors (Lipinski definition) is 3. The van der Waals surface area contributed by atoms with Gasteiger partial charge in [0.1, 0.15) is 5.75 Å². The van der Waals surface area contributed by atoms with Crippen LogP contribution in [0.4, 0.5) is 0 Å². The van der Waals surface area contributed by atoms with Crippen molar-refractivity contribution in [1.29, 1.82) is 0 Å². The molecule has 1 aromatic carbocycles. The van der Waals surface area contributed by atoms with Gasteiger partial charge in [0, 0.05) is 31.3 Å². The zero-order valence-electron chi connectivity index (χ0n) is 13.7. The van der Waals surface area contributed by atoms with Gasteiger partial charge in [-0.1, -0.05) is 24.3 Å². The molecule has 1 saturated carbocycles. The highest BCUT2D eigenvalue weighted by molar-refractivity contribution is 5.83. The van der Waals surface area contributed by atoms with Crippen molar-refractivity contribution in [2.75, 3.05) is 13.1 Å². The summed E-state index contributed by atoms with van der Waals surface area (Å²) in [5.41, 5.74) is 1.14. The second kappa shape index (κ2) is 6.63. The van der Waals surface area contributed by atoms with E-state index in [1.54, 1.807) is 0 Å². The number of carbonyl (C=O) groups excluding carboxylic acids is 1. The van der Waals surface area contributed by atoms with E-state index < -0.39 is 0 Å². The van der Waals surface area contributed by atoms with Gasteiger partial charge >= 0.3 is 0 Å². The molecule has 2 atom stereocenters. The molecule has 2 fully saturated rings. The van der Waals surface area contributed by atoms with Crippen molar-refractivity contribution >= 4 is 5.91 Å². The predicted octanol–water partition coefficient (Wildman–Crippen LogP) is 3.99. The number of ether oxygens (including phenoxy) is 1. The Morgan fingerprint density at radius 3 is 2.54 bits per heavy atom. The summed E-state index contributed by atoms with van der Waals surface area (Å²) in [6, 6.07) is 13.6. The number of benzene rings is 1. The first-order valence-corrected chi connectivity index (χ1v) is 8.79. The minimum atomic E-state index is 0.158.